The molecule has 1 aliphatic rings. The standard InChI is InChI=1S/C21H22N4O3/c1-13(22-14(2)26)20(27)24-19-21(28)25(3)17-12-8-7-11-16(17)18(23-19)15-9-5-4-6-10-15/h4-13,19H,1-3H3,(H,22,26)(H,24,27)/t13-,19?/m0/s1. The lowest BCUT2D eigenvalue weighted by Gasteiger charge is -2.22. The van der Waals surface area contributed by atoms with Crippen LogP contribution in [-0.2, 0) is 14.4 Å². The lowest BCUT2D eigenvalue weighted by molar-refractivity contribution is -0.130. The second-order valence-corrected chi connectivity index (χ2v) is 6.59. The fraction of sp³-hybridized carbons (Fsp3) is 0.238. The van der Waals surface area contributed by atoms with E-state index >= 15 is 0 Å². The van der Waals surface area contributed by atoms with E-state index in [1.807, 2.05) is 54.6 Å². The first kappa shape index (κ1) is 19.3. The van der Waals surface area contributed by atoms with E-state index in [1.54, 1.807) is 14.0 Å². The zero-order valence-electron chi connectivity index (χ0n) is 16.0. The van der Waals surface area contributed by atoms with Crippen LogP contribution in [0.15, 0.2) is 59.6 Å². The third-order valence-corrected chi connectivity index (χ3v) is 4.48. The lowest BCUT2D eigenvalue weighted by Crippen LogP contribution is -2.52. The van der Waals surface area contributed by atoms with E-state index in [9.17, 15) is 14.4 Å². The van der Waals surface area contributed by atoms with Gasteiger partial charge in [0.1, 0.15) is 6.04 Å². The van der Waals surface area contributed by atoms with E-state index in [0.717, 1.165) is 11.1 Å². The Hall–Kier alpha value is -3.48. The predicted molar refractivity (Wildman–Crippen MR) is 107 cm³/mol. The van der Waals surface area contributed by atoms with Crippen molar-refractivity contribution in [1.29, 1.82) is 0 Å². The van der Waals surface area contributed by atoms with Crippen molar-refractivity contribution in [2.45, 2.75) is 26.1 Å². The van der Waals surface area contributed by atoms with Gasteiger partial charge in [0.05, 0.1) is 11.4 Å². The number of nitrogens with zero attached hydrogens (tertiary/aromatic N) is 2. The maximum atomic E-state index is 13.0. The number of amides is 3. The molecule has 7 heteroatoms. The Morgan fingerprint density at radius 3 is 2.39 bits per heavy atom. The highest BCUT2D eigenvalue weighted by molar-refractivity contribution is 6.20. The van der Waals surface area contributed by atoms with Crippen molar-refractivity contribution in [1.82, 2.24) is 10.6 Å². The third kappa shape index (κ3) is 3.93. The second-order valence-electron chi connectivity index (χ2n) is 6.59. The summed E-state index contributed by atoms with van der Waals surface area (Å²) in [6, 6.07) is 16.2. The number of rotatable bonds is 4. The Kier molecular flexibility index (Phi) is 5.54. The van der Waals surface area contributed by atoms with Crippen LogP contribution in [0, 0.1) is 0 Å². The average molecular weight is 378 g/mol. The fourth-order valence-corrected chi connectivity index (χ4v) is 3.07. The minimum Gasteiger partial charge on any atom is -0.345 e. The maximum Gasteiger partial charge on any atom is 0.272 e. The van der Waals surface area contributed by atoms with Gasteiger partial charge in [-0.2, -0.15) is 0 Å². The van der Waals surface area contributed by atoms with Crippen LogP contribution in [0.1, 0.15) is 25.0 Å². The number of benzene rings is 2. The molecule has 0 saturated heterocycles. The summed E-state index contributed by atoms with van der Waals surface area (Å²) in [5.74, 6) is -1.17. The number of carbonyl (C=O) groups is 3. The molecule has 7 nitrogen and oxygen atoms in total. The quantitative estimate of drug-likeness (QED) is 0.844. The molecular weight excluding hydrogens is 356 g/mol. The molecule has 2 aromatic carbocycles. The Labute approximate surface area is 163 Å². The van der Waals surface area contributed by atoms with Crippen molar-refractivity contribution in [2.75, 3.05) is 11.9 Å². The van der Waals surface area contributed by atoms with E-state index in [4.69, 9.17) is 0 Å². The minimum atomic E-state index is -1.10. The van der Waals surface area contributed by atoms with Gasteiger partial charge in [-0.25, -0.2) is 4.99 Å². The number of nitrogens with one attached hydrogen (secondary N) is 2. The summed E-state index contributed by atoms with van der Waals surface area (Å²) in [5, 5.41) is 5.16. The van der Waals surface area contributed by atoms with E-state index in [0.29, 0.717) is 11.4 Å². The Morgan fingerprint density at radius 2 is 1.71 bits per heavy atom. The molecule has 1 aliphatic heterocycles. The normalized spacial score (nSPS) is 17.1. The summed E-state index contributed by atoms with van der Waals surface area (Å²) in [4.78, 5) is 42.7. The van der Waals surface area contributed by atoms with Crippen molar-refractivity contribution in [3.63, 3.8) is 0 Å². The number of hydrogen-bond acceptors (Lipinski definition) is 4. The van der Waals surface area contributed by atoms with Gasteiger partial charge in [-0.15, -0.1) is 0 Å². The number of fused-ring (bicyclic) bond motifs is 1. The van der Waals surface area contributed by atoms with Crippen molar-refractivity contribution in [3.05, 3.63) is 65.7 Å². The lowest BCUT2D eigenvalue weighted by atomic mass is 10.0. The molecule has 0 aliphatic carbocycles. The van der Waals surface area contributed by atoms with Crippen LogP contribution in [-0.4, -0.2) is 42.7 Å². The molecule has 2 atom stereocenters. The SMILES string of the molecule is CC(=O)N[C@@H](C)C(=O)NC1N=C(c2ccccc2)c2ccccc2N(C)C1=O. The highest BCUT2D eigenvalue weighted by atomic mass is 16.2. The van der Waals surface area contributed by atoms with Gasteiger partial charge in [-0.05, 0) is 13.0 Å². The number of aliphatic imine (C=N–C) groups is 1. The zero-order chi connectivity index (χ0) is 20.3. The van der Waals surface area contributed by atoms with E-state index in [2.05, 4.69) is 15.6 Å². The predicted octanol–water partition coefficient (Wildman–Crippen LogP) is 1.47. The number of benzodiazepines with no additional fused rings is 1. The van der Waals surface area contributed by atoms with Crippen molar-refractivity contribution < 1.29 is 14.4 Å². The molecule has 3 rings (SSSR count). The van der Waals surface area contributed by atoms with Crippen LogP contribution < -0.4 is 15.5 Å². The second kappa shape index (κ2) is 8.04. The molecule has 1 heterocycles. The van der Waals surface area contributed by atoms with Crippen molar-refractivity contribution in [3.8, 4) is 0 Å². The van der Waals surface area contributed by atoms with Gasteiger partial charge in [0.15, 0.2) is 0 Å². The molecule has 0 bridgehead atoms. The van der Waals surface area contributed by atoms with Gasteiger partial charge in [0, 0.05) is 25.1 Å². The Balaban J connectivity index is 2.03. The number of anilines is 1. The molecule has 28 heavy (non-hydrogen) atoms. The summed E-state index contributed by atoms with van der Waals surface area (Å²) in [5.41, 5.74) is 2.97. The largest absolute Gasteiger partial charge is 0.345 e. The molecule has 0 aromatic heterocycles. The first-order chi connectivity index (χ1) is 13.4. The monoisotopic (exact) mass is 378 g/mol. The summed E-state index contributed by atoms with van der Waals surface area (Å²) in [7, 11) is 1.65. The van der Waals surface area contributed by atoms with E-state index in [1.165, 1.54) is 11.8 Å². The highest BCUT2D eigenvalue weighted by Gasteiger charge is 2.31. The molecule has 0 radical (unpaired) electrons. The fourth-order valence-electron chi connectivity index (χ4n) is 3.07. The number of carbonyl (C=O) groups excluding carboxylic acids is 3. The van der Waals surface area contributed by atoms with Gasteiger partial charge >= 0.3 is 0 Å². The molecule has 144 valence electrons. The van der Waals surface area contributed by atoms with Gasteiger partial charge in [0.2, 0.25) is 18.0 Å². The molecule has 1 unspecified atom stereocenters. The van der Waals surface area contributed by atoms with Crippen molar-refractivity contribution in [2.24, 2.45) is 4.99 Å². The maximum absolute atomic E-state index is 13.0. The Bertz CT molecular complexity index is 940. The summed E-state index contributed by atoms with van der Waals surface area (Å²) in [6.07, 6.45) is -1.10. The van der Waals surface area contributed by atoms with Gasteiger partial charge in [-0.1, -0.05) is 48.5 Å². The molecule has 0 spiro atoms. The van der Waals surface area contributed by atoms with E-state index < -0.39 is 18.1 Å². The van der Waals surface area contributed by atoms with Gasteiger partial charge in [0.25, 0.3) is 5.91 Å². The smallest absolute Gasteiger partial charge is 0.272 e. The van der Waals surface area contributed by atoms with Crippen LogP contribution in [0.25, 0.3) is 0 Å². The van der Waals surface area contributed by atoms with Gasteiger partial charge in [-0.3, -0.25) is 14.4 Å². The summed E-state index contributed by atoms with van der Waals surface area (Å²) >= 11 is 0. The van der Waals surface area contributed by atoms with Crippen LogP contribution in [0.5, 0.6) is 0 Å². The molecule has 0 saturated carbocycles. The first-order valence-corrected chi connectivity index (χ1v) is 8.96. The number of hydrogen-bond donors (Lipinski definition) is 2. The number of para-hydroxylation sites is 1. The molecule has 2 aromatic rings. The summed E-state index contributed by atoms with van der Waals surface area (Å²) in [6.45, 7) is 2.88. The average Bonchev–Trinajstić information content (AvgIpc) is 2.79. The third-order valence-electron chi connectivity index (χ3n) is 4.48. The van der Waals surface area contributed by atoms with Crippen molar-refractivity contribution >= 4 is 29.1 Å². The van der Waals surface area contributed by atoms with E-state index in [-0.39, 0.29) is 11.8 Å². The van der Waals surface area contributed by atoms with Crippen LogP contribution in [0.4, 0.5) is 5.69 Å². The van der Waals surface area contributed by atoms with Crippen LogP contribution in [0.2, 0.25) is 0 Å². The topological polar surface area (TPSA) is 90.9 Å². The molecule has 2 N–H and O–H groups in total. The zero-order valence-corrected chi connectivity index (χ0v) is 16.0. The van der Waals surface area contributed by atoms with Gasteiger partial charge < -0.3 is 15.5 Å². The molecule has 3 amide bonds. The minimum absolute atomic E-state index is 0.326. The molecular formula is C21H22N4O3. The Morgan fingerprint density at radius 1 is 1.07 bits per heavy atom. The number of likely N-dealkylation sites (N-methyl/N-ethyl adjacent to an activating group) is 1. The summed E-state index contributed by atoms with van der Waals surface area (Å²) < 4.78 is 0. The van der Waals surface area contributed by atoms with Crippen LogP contribution in [0.3, 0.4) is 0 Å². The molecule has 0 fully saturated rings. The van der Waals surface area contributed by atoms with Crippen LogP contribution >= 0.6 is 0 Å². The first-order valence-electron chi connectivity index (χ1n) is 8.96. The highest BCUT2D eigenvalue weighted by Crippen LogP contribution is 2.27.